The normalized spacial score (nSPS) is 22.8. The summed E-state index contributed by atoms with van der Waals surface area (Å²) in [5.74, 6) is 0. The van der Waals surface area contributed by atoms with Crippen molar-refractivity contribution in [2.75, 3.05) is 13.1 Å². The maximum Gasteiger partial charge on any atom is 0.246 e. The summed E-state index contributed by atoms with van der Waals surface area (Å²) in [6.45, 7) is 0.929. The molecule has 1 atom stereocenters. The number of hydrogen-bond donors (Lipinski definition) is 1. The Morgan fingerprint density at radius 2 is 2.29 bits per heavy atom. The van der Waals surface area contributed by atoms with Crippen LogP contribution < -0.4 is 5.73 Å². The van der Waals surface area contributed by atoms with Crippen LogP contribution in [0.5, 0.6) is 0 Å². The van der Waals surface area contributed by atoms with Gasteiger partial charge in [-0.15, -0.1) is 0 Å². The minimum atomic E-state index is -3.43. The Kier molecular flexibility index (Phi) is 3.50. The molecule has 1 aromatic heterocycles. The molecule has 2 rings (SSSR count). The molecule has 0 bridgehead atoms. The van der Waals surface area contributed by atoms with E-state index in [9.17, 15) is 8.42 Å². The van der Waals surface area contributed by atoms with Crippen LogP contribution in [-0.4, -0.2) is 41.6 Å². The molecule has 6 nitrogen and oxygen atoms in total. The summed E-state index contributed by atoms with van der Waals surface area (Å²) in [6, 6.07) is -0.0750. The molecular formula is C10H18N4O2S. The van der Waals surface area contributed by atoms with E-state index in [1.165, 1.54) is 21.4 Å². The van der Waals surface area contributed by atoms with Gasteiger partial charge in [-0.2, -0.15) is 9.40 Å². The van der Waals surface area contributed by atoms with Crippen molar-refractivity contribution in [3.05, 3.63) is 12.4 Å². The number of rotatable bonds is 3. The summed E-state index contributed by atoms with van der Waals surface area (Å²) in [7, 11) is -1.73. The first-order valence-corrected chi connectivity index (χ1v) is 7.20. The van der Waals surface area contributed by atoms with Gasteiger partial charge in [0.1, 0.15) is 4.90 Å². The Labute approximate surface area is 101 Å². The van der Waals surface area contributed by atoms with Crippen LogP contribution in [0.25, 0.3) is 0 Å². The zero-order chi connectivity index (χ0) is 12.5. The number of aryl methyl sites for hydroxylation is 1. The van der Waals surface area contributed by atoms with E-state index < -0.39 is 10.0 Å². The number of piperidine rings is 1. The van der Waals surface area contributed by atoms with E-state index in [4.69, 9.17) is 5.73 Å². The van der Waals surface area contributed by atoms with Crippen molar-refractivity contribution < 1.29 is 8.42 Å². The predicted molar refractivity (Wildman–Crippen MR) is 63.8 cm³/mol. The van der Waals surface area contributed by atoms with Crippen molar-refractivity contribution in [2.45, 2.75) is 30.2 Å². The average Bonchev–Trinajstić information content (AvgIpc) is 2.76. The van der Waals surface area contributed by atoms with E-state index in [1.807, 2.05) is 0 Å². The topological polar surface area (TPSA) is 81.2 Å². The molecule has 1 saturated heterocycles. The monoisotopic (exact) mass is 258 g/mol. The average molecular weight is 258 g/mol. The van der Waals surface area contributed by atoms with Gasteiger partial charge >= 0.3 is 0 Å². The van der Waals surface area contributed by atoms with Crippen molar-refractivity contribution in [3.8, 4) is 0 Å². The van der Waals surface area contributed by atoms with Crippen molar-refractivity contribution in [3.63, 3.8) is 0 Å². The second kappa shape index (κ2) is 4.75. The van der Waals surface area contributed by atoms with Gasteiger partial charge in [0.15, 0.2) is 0 Å². The summed E-state index contributed by atoms with van der Waals surface area (Å²) >= 11 is 0. The third kappa shape index (κ3) is 2.36. The Morgan fingerprint density at radius 1 is 1.53 bits per heavy atom. The standard InChI is InChI=1S/C10H18N4O2S/c1-13-8-10(7-12-13)17(15,16)14-5-3-2-4-9(14)6-11/h7-9H,2-6,11H2,1H3/t9-/m1/s1. The van der Waals surface area contributed by atoms with E-state index in [1.54, 1.807) is 7.05 Å². The lowest BCUT2D eigenvalue weighted by molar-refractivity contribution is 0.257. The largest absolute Gasteiger partial charge is 0.329 e. The van der Waals surface area contributed by atoms with E-state index in [0.29, 0.717) is 13.1 Å². The van der Waals surface area contributed by atoms with Crippen LogP contribution in [0.2, 0.25) is 0 Å². The Hall–Kier alpha value is -0.920. The highest BCUT2D eigenvalue weighted by atomic mass is 32.2. The SMILES string of the molecule is Cn1cc(S(=O)(=O)N2CCCC[C@@H]2CN)cn1. The number of aromatic nitrogens is 2. The molecule has 0 saturated carbocycles. The van der Waals surface area contributed by atoms with Gasteiger partial charge in [-0.1, -0.05) is 6.42 Å². The van der Waals surface area contributed by atoms with Gasteiger partial charge in [0.25, 0.3) is 0 Å². The molecule has 0 unspecified atom stereocenters. The van der Waals surface area contributed by atoms with Crippen molar-refractivity contribution >= 4 is 10.0 Å². The molecule has 0 spiro atoms. The van der Waals surface area contributed by atoms with Crippen LogP contribution in [0, 0.1) is 0 Å². The number of hydrogen-bond acceptors (Lipinski definition) is 4. The van der Waals surface area contributed by atoms with Gasteiger partial charge in [-0.3, -0.25) is 4.68 Å². The first-order valence-electron chi connectivity index (χ1n) is 5.76. The van der Waals surface area contributed by atoms with E-state index in [-0.39, 0.29) is 10.9 Å². The van der Waals surface area contributed by atoms with Crippen LogP contribution in [0.1, 0.15) is 19.3 Å². The molecule has 1 aromatic rings. The summed E-state index contributed by atoms with van der Waals surface area (Å²) in [4.78, 5) is 0.250. The molecule has 0 amide bonds. The molecule has 1 aliphatic heterocycles. The third-order valence-electron chi connectivity index (χ3n) is 3.13. The van der Waals surface area contributed by atoms with Gasteiger partial charge in [0.2, 0.25) is 10.0 Å². The fourth-order valence-corrected chi connectivity index (χ4v) is 3.88. The zero-order valence-electron chi connectivity index (χ0n) is 9.91. The fourth-order valence-electron chi connectivity index (χ4n) is 2.19. The Balaban J connectivity index is 2.30. The number of nitrogens with zero attached hydrogens (tertiary/aromatic N) is 3. The van der Waals surface area contributed by atoms with Crippen LogP contribution in [0.4, 0.5) is 0 Å². The van der Waals surface area contributed by atoms with E-state index in [0.717, 1.165) is 19.3 Å². The van der Waals surface area contributed by atoms with Crippen LogP contribution in [0.3, 0.4) is 0 Å². The van der Waals surface area contributed by atoms with Crippen molar-refractivity contribution in [2.24, 2.45) is 12.8 Å². The van der Waals surface area contributed by atoms with E-state index >= 15 is 0 Å². The lowest BCUT2D eigenvalue weighted by Crippen LogP contribution is -2.47. The lowest BCUT2D eigenvalue weighted by Gasteiger charge is -2.33. The fraction of sp³-hybridized carbons (Fsp3) is 0.700. The molecule has 0 aromatic carbocycles. The third-order valence-corrected chi connectivity index (χ3v) is 5.04. The highest BCUT2D eigenvalue weighted by Gasteiger charge is 2.33. The molecule has 7 heteroatoms. The summed E-state index contributed by atoms with van der Waals surface area (Å²) < 4.78 is 27.8. The lowest BCUT2D eigenvalue weighted by atomic mass is 10.1. The van der Waals surface area contributed by atoms with Crippen molar-refractivity contribution in [1.82, 2.24) is 14.1 Å². The first kappa shape index (κ1) is 12.5. The second-order valence-corrected chi connectivity index (χ2v) is 6.24. The quantitative estimate of drug-likeness (QED) is 0.822. The predicted octanol–water partition coefficient (Wildman–Crippen LogP) is -0.0780. The highest BCUT2D eigenvalue weighted by Crippen LogP contribution is 2.24. The molecule has 0 radical (unpaired) electrons. The van der Waals surface area contributed by atoms with Crippen molar-refractivity contribution in [1.29, 1.82) is 0 Å². The zero-order valence-corrected chi connectivity index (χ0v) is 10.7. The number of nitrogens with two attached hydrogens (primary N) is 1. The minimum absolute atomic E-state index is 0.0750. The molecule has 2 heterocycles. The molecule has 96 valence electrons. The van der Waals surface area contributed by atoms with Crippen LogP contribution in [0.15, 0.2) is 17.3 Å². The molecule has 17 heavy (non-hydrogen) atoms. The van der Waals surface area contributed by atoms with Gasteiger partial charge in [-0.05, 0) is 12.8 Å². The highest BCUT2D eigenvalue weighted by molar-refractivity contribution is 7.89. The van der Waals surface area contributed by atoms with Crippen LogP contribution in [-0.2, 0) is 17.1 Å². The summed E-state index contributed by atoms with van der Waals surface area (Å²) in [5, 5.41) is 3.91. The van der Waals surface area contributed by atoms with Gasteiger partial charge in [0, 0.05) is 32.4 Å². The van der Waals surface area contributed by atoms with Crippen LogP contribution >= 0.6 is 0 Å². The maximum absolute atomic E-state index is 12.4. The molecule has 0 aliphatic carbocycles. The minimum Gasteiger partial charge on any atom is -0.329 e. The smallest absolute Gasteiger partial charge is 0.246 e. The number of sulfonamides is 1. The first-order chi connectivity index (χ1) is 8.05. The Bertz CT molecular complexity index is 482. The molecular weight excluding hydrogens is 240 g/mol. The van der Waals surface area contributed by atoms with Gasteiger partial charge in [0.05, 0.1) is 6.20 Å². The van der Waals surface area contributed by atoms with E-state index in [2.05, 4.69) is 5.10 Å². The van der Waals surface area contributed by atoms with Gasteiger partial charge in [-0.25, -0.2) is 8.42 Å². The maximum atomic E-state index is 12.4. The Morgan fingerprint density at radius 3 is 2.88 bits per heavy atom. The molecule has 1 fully saturated rings. The molecule has 2 N–H and O–H groups in total. The van der Waals surface area contributed by atoms with Gasteiger partial charge < -0.3 is 5.73 Å². The molecule has 1 aliphatic rings. The second-order valence-electron chi connectivity index (χ2n) is 4.35. The summed E-state index contributed by atoms with van der Waals surface area (Å²) in [6.07, 6.45) is 5.70. The summed E-state index contributed by atoms with van der Waals surface area (Å²) in [5.41, 5.74) is 5.65.